The summed E-state index contributed by atoms with van der Waals surface area (Å²) in [7, 11) is 0. The minimum Gasteiger partial charge on any atom is -0.368 e. The van der Waals surface area contributed by atoms with Crippen molar-refractivity contribution < 1.29 is 9.53 Å². The van der Waals surface area contributed by atoms with Crippen molar-refractivity contribution in [3.05, 3.63) is 59.4 Å². The van der Waals surface area contributed by atoms with Gasteiger partial charge in [-0.15, -0.1) is 0 Å². The van der Waals surface area contributed by atoms with Gasteiger partial charge in [0, 0.05) is 49.3 Å². The first-order chi connectivity index (χ1) is 11.7. The predicted molar refractivity (Wildman–Crippen MR) is 94.1 cm³/mol. The molecule has 2 heterocycles. The van der Waals surface area contributed by atoms with Gasteiger partial charge in [0.1, 0.15) is 6.61 Å². The molecule has 24 heavy (non-hydrogen) atoms. The molecule has 0 spiro atoms. The van der Waals surface area contributed by atoms with Crippen LogP contribution in [0.5, 0.6) is 0 Å². The predicted octanol–water partition coefficient (Wildman–Crippen LogP) is 2.60. The van der Waals surface area contributed by atoms with Gasteiger partial charge in [0.2, 0.25) is 5.91 Å². The molecule has 6 heteroatoms. The fraction of sp³-hybridized carbons (Fsp3) is 0.333. The Balaban J connectivity index is 1.42. The number of ether oxygens (including phenoxy) is 1. The molecule has 5 nitrogen and oxygen atoms in total. The van der Waals surface area contributed by atoms with E-state index < -0.39 is 0 Å². The Hall–Kier alpha value is -2.11. The highest BCUT2D eigenvalue weighted by Crippen LogP contribution is 2.19. The Morgan fingerprint density at radius 1 is 1.04 bits per heavy atom. The third-order valence-electron chi connectivity index (χ3n) is 4.07. The fourth-order valence-electron chi connectivity index (χ4n) is 2.69. The SMILES string of the molecule is O=C(COCc1ccncc1)N1CCN(c2ccc(Cl)cc2)CC1. The Labute approximate surface area is 146 Å². The number of rotatable bonds is 5. The summed E-state index contributed by atoms with van der Waals surface area (Å²) >= 11 is 5.92. The normalized spacial score (nSPS) is 14.7. The molecule has 1 aromatic heterocycles. The summed E-state index contributed by atoms with van der Waals surface area (Å²) in [6, 6.07) is 11.6. The molecule has 0 N–H and O–H groups in total. The number of anilines is 1. The van der Waals surface area contributed by atoms with Gasteiger partial charge in [0.15, 0.2) is 0 Å². The highest BCUT2D eigenvalue weighted by molar-refractivity contribution is 6.30. The molecular formula is C18H20ClN3O2. The average molecular weight is 346 g/mol. The Morgan fingerprint density at radius 3 is 2.38 bits per heavy atom. The topological polar surface area (TPSA) is 45.7 Å². The second kappa shape index (κ2) is 8.13. The minimum atomic E-state index is 0.0415. The van der Waals surface area contributed by atoms with Crippen LogP contribution in [0.2, 0.25) is 5.02 Å². The van der Waals surface area contributed by atoms with Crippen LogP contribution in [0.25, 0.3) is 0 Å². The average Bonchev–Trinajstić information content (AvgIpc) is 2.63. The summed E-state index contributed by atoms with van der Waals surface area (Å²) in [6.07, 6.45) is 3.44. The number of amides is 1. The van der Waals surface area contributed by atoms with Crippen LogP contribution in [0.15, 0.2) is 48.8 Å². The lowest BCUT2D eigenvalue weighted by molar-refractivity contribution is -0.136. The third-order valence-corrected chi connectivity index (χ3v) is 4.32. The fourth-order valence-corrected chi connectivity index (χ4v) is 2.82. The first-order valence-corrected chi connectivity index (χ1v) is 8.35. The van der Waals surface area contributed by atoms with E-state index in [1.165, 1.54) is 0 Å². The van der Waals surface area contributed by atoms with E-state index in [2.05, 4.69) is 9.88 Å². The van der Waals surface area contributed by atoms with Gasteiger partial charge in [-0.2, -0.15) is 0 Å². The molecule has 1 saturated heterocycles. The van der Waals surface area contributed by atoms with Gasteiger partial charge < -0.3 is 14.5 Å². The second-order valence-electron chi connectivity index (χ2n) is 5.69. The zero-order chi connectivity index (χ0) is 16.8. The lowest BCUT2D eigenvalue weighted by Gasteiger charge is -2.36. The summed E-state index contributed by atoms with van der Waals surface area (Å²) in [5.41, 5.74) is 2.16. The number of halogens is 1. The van der Waals surface area contributed by atoms with Crippen molar-refractivity contribution in [3.8, 4) is 0 Å². The van der Waals surface area contributed by atoms with Crippen molar-refractivity contribution in [2.45, 2.75) is 6.61 Å². The van der Waals surface area contributed by atoms with E-state index in [9.17, 15) is 4.79 Å². The second-order valence-corrected chi connectivity index (χ2v) is 6.13. The van der Waals surface area contributed by atoms with Crippen LogP contribution < -0.4 is 4.90 Å². The number of carbonyl (C=O) groups is 1. The lowest BCUT2D eigenvalue weighted by atomic mass is 10.2. The van der Waals surface area contributed by atoms with Crippen LogP contribution in [0.4, 0.5) is 5.69 Å². The number of hydrogen-bond acceptors (Lipinski definition) is 4. The van der Waals surface area contributed by atoms with Gasteiger partial charge in [0.05, 0.1) is 6.61 Å². The van der Waals surface area contributed by atoms with Crippen LogP contribution in [0.1, 0.15) is 5.56 Å². The molecule has 1 aliphatic heterocycles. The van der Waals surface area contributed by atoms with Gasteiger partial charge in [-0.3, -0.25) is 9.78 Å². The van der Waals surface area contributed by atoms with Gasteiger partial charge in [0.25, 0.3) is 0 Å². The molecular weight excluding hydrogens is 326 g/mol. The van der Waals surface area contributed by atoms with Crippen LogP contribution >= 0.6 is 11.6 Å². The van der Waals surface area contributed by atoms with Crippen LogP contribution in [-0.4, -0.2) is 48.6 Å². The molecule has 2 aromatic rings. The number of carbonyl (C=O) groups excluding carboxylic acids is 1. The number of hydrogen-bond donors (Lipinski definition) is 0. The molecule has 0 radical (unpaired) electrons. The van der Waals surface area contributed by atoms with E-state index in [0.29, 0.717) is 19.7 Å². The maximum Gasteiger partial charge on any atom is 0.248 e. The van der Waals surface area contributed by atoms with E-state index in [1.54, 1.807) is 12.4 Å². The quantitative estimate of drug-likeness (QED) is 0.835. The van der Waals surface area contributed by atoms with E-state index in [0.717, 1.165) is 29.4 Å². The number of pyridine rings is 1. The maximum absolute atomic E-state index is 12.2. The molecule has 1 fully saturated rings. The van der Waals surface area contributed by atoms with E-state index >= 15 is 0 Å². The van der Waals surface area contributed by atoms with Crippen molar-refractivity contribution in [2.75, 3.05) is 37.7 Å². The lowest BCUT2D eigenvalue weighted by Crippen LogP contribution is -2.49. The van der Waals surface area contributed by atoms with Crippen LogP contribution in [0, 0.1) is 0 Å². The molecule has 126 valence electrons. The third kappa shape index (κ3) is 4.46. The van der Waals surface area contributed by atoms with Crippen molar-refractivity contribution >= 4 is 23.2 Å². The number of aromatic nitrogens is 1. The number of piperazine rings is 1. The van der Waals surface area contributed by atoms with Crippen molar-refractivity contribution in [3.63, 3.8) is 0 Å². The Bertz CT molecular complexity index is 656. The van der Waals surface area contributed by atoms with Crippen molar-refractivity contribution in [1.29, 1.82) is 0 Å². The van der Waals surface area contributed by atoms with Gasteiger partial charge in [-0.05, 0) is 42.0 Å². The maximum atomic E-state index is 12.2. The van der Waals surface area contributed by atoms with Gasteiger partial charge in [-0.1, -0.05) is 11.6 Å². The molecule has 0 unspecified atom stereocenters. The standard InChI is InChI=1S/C18H20ClN3O2/c19-16-1-3-17(4-2-16)21-9-11-22(12-10-21)18(23)14-24-13-15-5-7-20-8-6-15/h1-8H,9-14H2. The van der Waals surface area contributed by atoms with Gasteiger partial charge >= 0.3 is 0 Å². The molecule has 1 amide bonds. The number of nitrogens with zero attached hydrogens (tertiary/aromatic N) is 3. The molecule has 0 saturated carbocycles. The van der Waals surface area contributed by atoms with Crippen molar-refractivity contribution in [1.82, 2.24) is 9.88 Å². The molecule has 1 aromatic carbocycles. The minimum absolute atomic E-state index is 0.0415. The summed E-state index contributed by atoms with van der Waals surface area (Å²) < 4.78 is 5.51. The van der Waals surface area contributed by atoms with E-state index in [4.69, 9.17) is 16.3 Å². The highest BCUT2D eigenvalue weighted by Gasteiger charge is 2.21. The van der Waals surface area contributed by atoms with E-state index in [-0.39, 0.29) is 12.5 Å². The molecule has 0 atom stereocenters. The Morgan fingerprint density at radius 2 is 1.71 bits per heavy atom. The van der Waals surface area contributed by atoms with E-state index in [1.807, 2.05) is 41.3 Å². The van der Waals surface area contributed by atoms with Crippen molar-refractivity contribution in [2.24, 2.45) is 0 Å². The molecule has 3 rings (SSSR count). The summed E-state index contributed by atoms with van der Waals surface area (Å²) in [5, 5.41) is 0.735. The number of benzene rings is 1. The molecule has 0 bridgehead atoms. The molecule has 0 aliphatic carbocycles. The monoisotopic (exact) mass is 345 g/mol. The first kappa shape index (κ1) is 16.7. The van der Waals surface area contributed by atoms with Gasteiger partial charge in [-0.25, -0.2) is 0 Å². The summed E-state index contributed by atoms with van der Waals surface area (Å²) in [4.78, 5) is 20.3. The summed E-state index contributed by atoms with van der Waals surface area (Å²) in [6.45, 7) is 3.60. The largest absolute Gasteiger partial charge is 0.368 e. The van der Waals surface area contributed by atoms with Crippen LogP contribution in [0.3, 0.4) is 0 Å². The molecule has 1 aliphatic rings. The van der Waals surface area contributed by atoms with Crippen LogP contribution in [-0.2, 0) is 16.1 Å². The zero-order valence-corrected chi connectivity index (χ0v) is 14.2. The summed E-state index contributed by atoms with van der Waals surface area (Å²) in [5.74, 6) is 0.0415. The Kier molecular flexibility index (Phi) is 5.67. The smallest absolute Gasteiger partial charge is 0.248 e. The highest BCUT2D eigenvalue weighted by atomic mass is 35.5. The zero-order valence-electron chi connectivity index (χ0n) is 13.4. The first-order valence-electron chi connectivity index (χ1n) is 7.97.